The first kappa shape index (κ1) is 17.7. The number of carbonyl (C=O) groups is 1. The molecule has 0 spiro atoms. The lowest BCUT2D eigenvalue weighted by Crippen LogP contribution is -2.28. The van der Waals surface area contributed by atoms with Crippen molar-refractivity contribution in [2.24, 2.45) is 16.5 Å². The molecule has 118 valence electrons. The van der Waals surface area contributed by atoms with Crippen LogP contribution in [0.15, 0.2) is 29.2 Å². The van der Waals surface area contributed by atoms with Crippen LogP contribution in [0.25, 0.3) is 0 Å². The highest BCUT2D eigenvalue weighted by Gasteiger charge is 2.22. The predicted octanol–water partition coefficient (Wildman–Crippen LogP) is 2.02. The van der Waals surface area contributed by atoms with E-state index in [1.165, 1.54) is 12.1 Å². The number of primary sulfonamides is 1. The van der Waals surface area contributed by atoms with Crippen molar-refractivity contribution in [2.75, 3.05) is 0 Å². The van der Waals surface area contributed by atoms with E-state index in [0.29, 0.717) is 13.0 Å². The Kier molecular flexibility index (Phi) is 5.53. The monoisotopic (exact) mass is 312 g/mol. The van der Waals surface area contributed by atoms with Gasteiger partial charge in [-0.3, -0.25) is 4.79 Å². The van der Waals surface area contributed by atoms with E-state index in [4.69, 9.17) is 5.14 Å². The molecule has 1 atom stereocenters. The Bertz CT molecular complexity index is 586. The van der Waals surface area contributed by atoms with Crippen molar-refractivity contribution in [3.8, 4) is 0 Å². The van der Waals surface area contributed by atoms with Crippen molar-refractivity contribution in [3.05, 3.63) is 29.8 Å². The molecule has 0 bridgehead atoms. The topological polar surface area (TPSA) is 89.3 Å². The summed E-state index contributed by atoms with van der Waals surface area (Å²) >= 11 is 0. The minimum absolute atomic E-state index is 0.00653. The van der Waals surface area contributed by atoms with Gasteiger partial charge in [-0.15, -0.1) is 0 Å². The van der Waals surface area contributed by atoms with Crippen LogP contribution in [0.3, 0.4) is 0 Å². The molecule has 0 heterocycles. The van der Waals surface area contributed by atoms with Gasteiger partial charge in [0.25, 0.3) is 0 Å². The lowest BCUT2D eigenvalue weighted by molar-refractivity contribution is -0.122. The van der Waals surface area contributed by atoms with Crippen LogP contribution in [0.2, 0.25) is 0 Å². The summed E-state index contributed by atoms with van der Waals surface area (Å²) in [7, 11) is -3.67. The van der Waals surface area contributed by atoms with Gasteiger partial charge in [-0.05, 0) is 29.0 Å². The summed E-state index contributed by atoms with van der Waals surface area (Å²) in [5.41, 5.74) is 0.924. The van der Waals surface area contributed by atoms with Gasteiger partial charge in [-0.1, -0.05) is 39.8 Å². The first-order chi connectivity index (χ1) is 9.50. The lowest BCUT2D eigenvalue weighted by atomic mass is 9.80. The Morgan fingerprint density at radius 3 is 2.19 bits per heavy atom. The molecule has 0 aliphatic carbocycles. The smallest absolute Gasteiger partial charge is 0.238 e. The zero-order valence-electron chi connectivity index (χ0n) is 13.0. The molecule has 0 aliphatic heterocycles. The first-order valence-electron chi connectivity index (χ1n) is 6.88. The summed E-state index contributed by atoms with van der Waals surface area (Å²) in [4.78, 5) is 11.9. The van der Waals surface area contributed by atoms with Crippen LogP contribution in [0.5, 0.6) is 0 Å². The molecule has 0 radical (unpaired) electrons. The second-order valence-electron chi connectivity index (χ2n) is 6.44. The van der Waals surface area contributed by atoms with Gasteiger partial charge in [-0.25, -0.2) is 13.6 Å². The maximum Gasteiger partial charge on any atom is 0.238 e. The van der Waals surface area contributed by atoms with Gasteiger partial charge >= 0.3 is 0 Å². The molecule has 1 aromatic rings. The maximum absolute atomic E-state index is 11.9. The molecular formula is C15H24N2O3S. The van der Waals surface area contributed by atoms with Gasteiger partial charge in [0, 0.05) is 13.0 Å². The summed E-state index contributed by atoms with van der Waals surface area (Å²) in [6.07, 6.45) is 0.471. The molecule has 3 N–H and O–H groups in total. The second-order valence-corrected chi connectivity index (χ2v) is 8.00. The second kappa shape index (κ2) is 6.58. The number of sulfonamides is 1. The van der Waals surface area contributed by atoms with E-state index < -0.39 is 10.0 Å². The summed E-state index contributed by atoms with van der Waals surface area (Å²) in [6.45, 7) is 8.76. The predicted molar refractivity (Wildman–Crippen MR) is 82.9 cm³/mol. The van der Waals surface area contributed by atoms with E-state index in [9.17, 15) is 13.2 Å². The van der Waals surface area contributed by atoms with Crippen molar-refractivity contribution >= 4 is 15.9 Å². The first-order valence-corrected chi connectivity index (χ1v) is 8.43. The SMILES string of the molecule is CC(CC(=O)NCc1ccc(S(N)(=O)=O)cc1)C(C)(C)C. The van der Waals surface area contributed by atoms with Crippen molar-refractivity contribution in [2.45, 2.75) is 45.6 Å². The lowest BCUT2D eigenvalue weighted by Gasteiger charge is -2.26. The standard InChI is InChI=1S/C15H24N2O3S/c1-11(15(2,3)4)9-14(18)17-10-12-5-7-13(8-6-12)21(16,19)20/h5-8,11H,9-10H2,1-4H3,(H,17,18)(H2,16,19,20). The number of nitrogens with one attached hydrogen (secondary N) is 1. The van der Waals surface area contributed by atoms with E-state index in [1.54, 1.807) is 12.1 Å². The average Bonchev–Trinajstić information content (AvgIpc) is 2.34. The van der Waals surface area contributed by atoms with Crippen LogP contribution in [0, 0.1) is 11.3 Å². The summed E-state index contributed by atoms with van der Waals surface area (Å²) in [6, 6.07) is 6.17. The Morgan fingerprint density at radius 1 is 1.24 bits per heavy atom. The largest absolute Gasteiger partial charge is 0.352 e. The third-order valence-electron chi connectivity index (χ3n) is 3.71. The molecule has 1 rings (SSSR count). The highest BCUT2D eigenvalue weighted by atomic mass is 32.2. The number of nitrogens with two attached hydrogens (primary N) is 1. The zero-order valence-corrected chi connectivity index (χ0v) is 13.8. The summed E-state index contributed by atoms with van der Waals surface area (Å²) in [5, 5.41) is 7.87. The molecule has 0 saturated heterocycles. The van der Waals surface area contributed by atoms with E-state index in [1.807, 2.05) is 0 Å². The van der Waals surface area contributed by atoms with Crippen LogP contribution in [-0.4, -0.2) is 14.3 Å². The van der Waals surface area contributed by atoms with Crippen LogP contribution in [0.4, 0.5) is 0 Å². The van der Waals surface area contributed by atoms with Gasteiger partial charge in [0.2, 0.25) is 15.9 Å². The molecule has 6 heteroatoms. The molecule has 1 amide bonds. The van der Waals surface area contributed by atoms with Gasteiger partial charge in [0.05, 0.1) is 4.90 Å². The highest BCUT2D eigenvalue weighted by molar-refractivity contribution is 7.89. The summed E-state index contributed by atoms with van der Waals surface area (Å²) < 4.78 is 22.3. The number of amides is 1. The number of hydrogen-bond donors (Lipinski definition) is 2. The molecule has 21 heavy (non-hydrogen) atoms. The Labute approximate surface area is 127 Å². The molecule has 1 unspecified atom stereocenters. The summed E-state index contributed by atoms with van der Waals surface area (Å²) in [5.74, 6) is 0.273. The fourth-order valence-corrected chi connectivity index (χ4v) is 2.17. The van der Waals surface area contributed by atoms with Gasteiger partial charge in [0.1, 0.15) is 0 Å². The van der Waals surface area contributed by atoms with Crippen LogP contribution in [0.1, 0.15) is 39.7 Å². The molecule has 0 aromatic heterocycles. The number of rotatable bonds is 5. The third-order valence-corrected chi connectivity index (χ3v) is 4.64. The molecule has 5 nitrogen and oxygen atoms in total. The fourth-order valence-electron chi connectivity index (χ4n) is 1.65. The van der Waals surface area contributed by atoms with Crippen molar-refractivity contribution < 1.29 is 13.2 Å². The van der Waals surface area contributed by atoms with Gasteiger partial charge in [-0.2, -0.15) is 0 Å². The Balaban J connectivity index is 2.54. The molecule has 0 aliphatic rings. The van der Waals surface area contributed by atoms with Crippen molar-refractivity contribution in [1.82, 2.24) is 5.32 Å². The third kappa shape index (κ3) is 5.85. The molecule has 0 fully saturated rings. The van der Waals surface area contributed by atoms with Crippen LogP contribution < -0.4 is 10.5 Å². The van der Waals surface area contributed by atoms with Gasteiger partial charge in [0.15, 0.2) is 0 Å². The van der Waals surface area contributed by atoms with Crippen LogP contribution in [-0.2, 0) is 21.4 Å². The maximum atomic E-state index is 11.9. The van der Waals surface area contributed by atoms with E-state index in [-0.39, 0.29) is 22.1 Å². The quantitative estimate of drug-likeness (QED) is 0.871. The Hall–Kier alpha value is -1.40. The van der Waals surface area contributed by atoms with Crippen LogP contribution >= 0.6 is 0 Å². The Morgan fingerprint density at radius 2 is 1.76 bits per heavy atom. The van der Waals surface area contributed by atoms with E-state index in [2.05, 4.69) is 33.0 Å². The van der Waals surface area contributed by atoms with Crippen molar-refractivity contribution in [1.29, 1.82) is 0 Å². The molecule has 1 aromatic carbocycles. The average molecular weight is 312 g/mol. The highest BCUT2D eigenvalue weighted by Crippen LogP contribution is 2.27. The zero-order chi connectivity index (χ0) is 16.3. The fraction of sp³-hybridized carbons (Fsp3) is 0.533. The van der Waals surface area contributed by atoms with E-state index >= 15 is 0 Å². The van der Waals surface area contributed by atoms with Crippen molar-refractivity contribution in [3.63, 3.8) is 0 Å². The number of hydrogen-bond acceptors (Lipinski definition) is 3. The number of carbonyl (C=O) groups excluding carboxylic acids is 1. The van der Waals surface area contributed by atoms with E-state index in [0.717, 1.165) is 5.56 Å². The minimum atomic E-state index is -3.67. The normalized spacial score (nSPS) is 13.8. The van der Waals surface area contributed by atoms with Gasteiger partial charge < -0.3 is 5.32 Å². The molecular weight excluding hydrogens is 288 g/mol. The number of benzene rings is 1. The minimum Gasteiger partial charge on any atom is -0.352 e. The molecule has 0 saturated carbocycles.